The fraction of sp³-hybridized carbons (Fsp3) is 0.286. The number of rotatable bonds is 4. The molecule has 1 N–H and O–H groups in total. The van der Waals surface area contributed by atoms with Crippen LogP contribution in [0, 0.1) is 5.82 Å². The van der Waals surface area contributed by atoms with Crippen molar-refractivity contribution in [3.05, 3.63) is 47.8 Å². The molecule has 0 saturated carbocycles. The van der Waals surface area contributed by atoms with E-state index in [0.29, 0.717) is 11.3 Å². The third-order valence-electron chi connectivity index (χ3n) is 3.04. The maximum atomic E-state index is 13.9. The molecule has 1 aromatic carbocycles. The number of carbonyl (C=O) groups is 1. The van der Waals surface area contributed by atoms with E-state index >= 15 is 0 Å². The zero-order chi connectivity index (χ0) is 14.7. The van der Waals surface area contributed by atoms with Crippen LogP contribution in [-0.4, -0.2) is 22.6 Å². The van der Waals surface area contributed by atoms with E-state index in [4.69, 9.17) is 4.74 Å². The van der Waals surface area contributed by atoms with Crippen LogP contribution in [0.4, 0.5) is 4.39 Å². The molecule has 20 heavy (non-hydrogen) atoms. The molecule has 5 nitrogen and oxygen atoms in total. The Morgan fingerprint density at radius 3 is 2.85 bits per heavy atom. The van der Waals surface area contributed by atoms with Gasteiger partial charge in [0.05, 0.1) is 18.7 Å². The molecular weight excluding hydrogens is 261 g/mol. The lowest BCUT2D eigenvalue weighted by Crippen LogP contribution is -2.29. The first-order chi connectivity index (χ1) is 9.54. The fourth-order valence-corrected chi connectivity index (χ4v) is 2.03. The second kappa shape index (κ2) is 5.73. The second-order valence-electron chi connectivity index (χ2n) is 4.41. The van der Waals surface area contributed by atoms with Gasteiger partial charge in [0.25, 0.3) is 5.91 Å². The topological polar surface area (TPSA) is 56.1 Å². The van der Waals surface area contributed by atoms with Gasteiger partial charge in [0.2, 0.25) is 0 Å². The quantitative estimate of drug-likeness (QED) is 0.930. The van der Waals surface area contributed by atoms with Gasteiger partial charge < -0.3 is 14.6 Å². The van der Waals surface area contributed by atoms with Crippen molar-refractivity contribution in [2.45, 2.75) is 13.0 Å². The molecule has 0 aliphatic carbocycles. The van der Waals surface area contributed by atoms with Crippen molar-refractivity contribution in [3.63, 3.8) is 0 Å². The van der Waals surface area contributed by atoms with Crippen LogP contribution in [0.2, 0.25) is 0 Å². The minimum Gasteiger partial charge on any atom is -0.496 e. The number of benzene rings is 1. The summed E-state index contributed by atoms with van der Waals surface area (Å²) in [4.78, 5) is 16.0. The van der Waals surface area contributed by atoms with Crippen molar-refractivity contribution >= 4 is 5.91 Å². The average Bonchev–Trinajstić information content (AvgIpc) is 2.84. The van der Waals surface area contributed by atoms with Crippen molar-refractivity contribution < 1.29 is 13.9 Å². The highest BCUT2D eigenvalue weighted by Crippen LogP contribution is 2.27. The van der Waals surface area contributed by atoms with Crippen LogP contribution in [-0.2, 0) is 7.05 Å². The minimum absolute atomic E-state index is 0.271. The van der Waals surface area contributed by atoms with Gasteiger partial charge in [-0.25, -0.2) is 9.37 Å². The molecule has 1 aromatic heterocycles. The van der Waals surface area contributed by atoms with E-state index in [0.717, 1.165) is 0 Å². The molecule has 1 amide bonds. The van der Waals surface area contributed by atoms with Crippen molar-refractivity contribution in [2.24, 2.45) is 7.05 Å². The Kier molecular flexibility index (Phi) is 4.02. The van der Waals surface area contributed by atoms with E-state index in [2.05, 4.69) is 10.3 Å². The van der Waals surface area contributed by atoms with Crippen LogP contribution in [0.3, 0.4) is 0 Å². The Hall–Kier alpha value is -2.37. The van der Waals surface area contributed by atoms with Crippen molar-refractivity contribution in [2.75, 3.05) is 7.11 Å². The molecule has 0 bridgehead atoms. The van der Waals surface area contributed by atoms with Gasteiger partial charge in [-0.1, -0.05) is 6.07 Å². The Morgan fingerprint density at radius 2 is 2.25 bits per heavy atom. The van der Waals surface area contributed by atoms with E-state index in [9.17, 15) is 9.18 Å². The average molecular weight is 277 g/mol. The standard InChI is InChI=1S/C14H16FN3O2/c1-9(12-10(15)5-4-6-11(12)20-3)17-14(19)13-16-7-8-18(13)2/h4-9H,1-3H3,(H,17,19)/t9-/m0/s1. The number of imidazole rings is 1. The van der Waals surface area contributed by atoms with Crippen molar-refractivity contribution in [1.82, 2.24) is 14.9 Å². The van der Waals surface area contributed by atoms with E-state index in [-0.39, 0.29) is 11.7 Å². The predicted octanol–water partition coefficient (Wildman–Crippen LogP) is 2.06. The molecule has 0 aliphatic heterocycles. The molecule has 2 aromatic rings. The summed E-state index contributed by atoms with van der Waals surface area (Å²) in [5.41, 5.74) is 0.317. The first-order valence-electron chi connectivity index (χ1n) is 6.15. The van der Waals surface area contributed by atoms with Gasteiger partial charge in [0, 0.05) is 19.4 Å². The lowest BCUT2D eigenvalue weighted by atomic mass is 10.1. The van der Waals surface area contributed by atoms with Crippen LogP contribution < -0.4 is 10.1 Å². The lowest BCUT2D eigenvalue weighted by molar-refractivity contribution is 0.0925. The summed E-state index contributed by atoms with van der Waals surface area (Å²) >= 11 is 0. The summed E-state index contributed by atoms with van der Waals surface area (Å²) in [5, 5.41) is 2.71. The molecule has 2 rings (SSSR count). The van der Waals surface area contributed by atoms with E-state index < -0.39 is 11.9 Å². The first kappa shape index (κ1) is 14.0. The summed E-state index contributed by atoms with van der Waals surface area (Å²) in [5.74, 6) is -0.114. The van der Waals surface area contributed by atoms with Gasteiger partial charge in [-0.15, -0.1) is 0 Å². The first-order valence-corrected chi connectivity index (χ1v) is 6.15. The predicted molar refractivity (Wildman–Crippen MR) is 72.0 cm³/mol. The smallest absolute Gasteiger partial charge is 0.287 e. The number of nitrogens with zero attached hydrogens (tertiary/aromatic N) is 2. The summed E-state index contributed by atoms with van der Waals surface area (Å²) in [6, 6.07) is 4.02. The number of aromatic nitrogens is 2. The highest BCUT2D eigenvalue weighted by molar-refractivity contribution is 5.91. The number of carbonyl (C=O) groups excluding carboxylic acids is 1. The van der Waals surface area contributed by atoms with Gasteiger partial charge in [0.15, 0.2) is 5.82 Å². The van der Waals surface area contributed by atoms with Gasteiger partial charge in [-0.2, -0.15) is 0 Å². The largest absolute Gasteiger partial charge is 0.496 e. The number of methoxy groups -OCH3 is 1. The highest BCUT2D eigenvalue weighted by atomic mass is 19.1. The Bertz CT molecular complexity index is 625. The molecule has 1 heterocycles. The zero-order valence-corrected chi connectivity index (χ0v) is 11.6. The summed E-state index contributed by atoms with van der Waals surface area (Å²) < 4.78 is 20.6. The fourth-order valence-electron chi connectivity index (χ4n) is 2.03. The Balaban J connectivity index is 2.23. The highest BCUT2D eigenvalue weighted by Gasteiger charge is 2.20. The maximum absolute atomic E-state index is 13.9. The van der Waals surface area contributed by atoms with Gasteiger partial charge in [0.1, 0.15) is 11.6 Å². The monoisotopic (exact) mass is 277 g/mol. The van der Waals surface area contributed by atoms with Crippen LogP contribution in [0.25, 0.3) is 0 Å². The third-order valence-corrected chi connectivity index (χ3v) is 3.04. The molecule has 0 saturated heterocycles. The number of halogens is 1. The number of hydrogen-bond acceptors (Lipinski definition) is 3. The SMILES string of the molecule is COc1cccc(F)c1[C@H](C)NC(=O)c1nccn1C. The molecule has 0 aliphatic rings. The second-order valence-corrected chi connectivity index (χ2v) is 4.41. The summed E-state index contributed by atoms with van der Waals surface area (Å²) in [6.45, 7) is 1.70. The van der Waals surface area contributed by atoms with E-state index in [1.165, 1.54) is 19.4 Å². The molecule has 0 spiro atoms. The summed E-state index contributed by atoms with van der Waals surface area (Å²) in [6.07, 6.45) is 3.20. The number of nitrogens with one attached hydrogen (secondary N) is 1. The van der Waals surface area contributed by atoms with Gasteiger partial charge in [-0.3, -0.25) is 4.79 Å². The van der Waals surface area contributed by atoms with Crippen LogP contribution in [0.5, 0.6) is 5.75 Å². The molecule has 0 radical (unpaired) electrons. The molecular formula is C14H16FN3O2. The van der Waals surface area contributed by atoms with Crippen molar-refractivity contribution in [1.29, 1.82) is 0 Å². The van der Waals surface area contributed by atoms with Crippen molar-refractivity contribution in [3.8, 4) is 5.75 Å². The number of amides is 1. The Morgan fingerprint density at radius 1 is 1.50 bits per heavy atom. The van der Waals surface area contributed by atoms with E-state index in [1.54, 1.807) is 36.9 Å². The Labute approximate surface area is 116 Å². The van der Waals surface area contributed by atoms with Gasteiger partial charge >= 0.3 is 0 Å². The molecule has 106 valence electrons. The normalized spacial score (nSPS) is 12.0. The lowest BCUT2D eigenvalue weighted by Gasteiger charge is -2.17. The number of aryl methyl sites for hydroxylation is 1. The molecule has 6 heteroatoms. The molecule has 0 unspecified atom stereocenters. The number of hydrogen-bond donors (Lipinski definition) is 1. The molecule has 1 atom stereocenters. The minimum atomic E-state index is -0.532. The maximum Gasteiger partial charge on any atom is 0.287 e. The van der Waals surface area contributed by atoms with E-state index in [1.807, 2.05) is 0 Å². The van der Waals surface area contributed by atoms with Crippen LogP contribution >= 0.6 is 0 Å². The number of ether oxygens (including phenoxy) is 1. The zero-order valence-electron chi connectivity index (χ0n) is 11.6. The van der Waals surface area contributed by atoms with Crippen LogP contribution in [0.1, 0.15) is 29.1 Å². The summed E-state index contributed by atoms with van der Waals surface area (Å²) in [7, 11) is 3.18. The van der Waals surface area contributed by atoms with Gasteiger partial charge in [-0.05, 0) is 19.1 Å². The van der Waals surface area contributed by atoms with Crippen LogP contribution in [0.15, 0.2) is 30.6 Å². The molecule has 0 fully saturated rings. The third kappa shape index (κ3) is 2.64.